The molecule has 13 nitrogen and oxygen atoms in total. The number of nitrogens with two attached hydrogens (primary N) is 1. The number of nitrogens with one attached hydrogen (secondary N) is 2. The molecule has 0 spiro atoms. The summed E-state index contributed by atoms with van der Waals surface area (Å²) in [6.45, 7) is 15.8. The summed E-state index contributed by atoms with van der Waals surface area (Å²) in [6, 6.07) is -3.31. The van der Waals surface area contributed by atoms with Gasteiger partial charge < -0.3 is 35.7 Å². The first kappa shape index (κ1) is 35.8. The van der Waals surface area contributed by atoms with Crippen molar-refractivity contribution in [2.24, 2.45) is 29.4 Å². The van der Waals surface area contributed by atoms with Gasteiger partial charge in [0.15, 0.2) is 18.3 Å². The third-order valence-corrected chi connectivity index (χ3v) is 5.84. The maximum atomic E-state index is 13.1. The zero-order valence-corrected chi connectivity index (χ0v) is 24.5. The molecule has 224 valence electrons. The van der Waals surface area contributed by atoms with Crippen molar-refractivity contribution in [3.63, 3.8) is 0 Å². The van der Waals surface area contributed by atoms with Crippen LogP contribution in [-0.2, 0) is 43.0 Å². The summed E-state index contributed by atoms with van der Waals surface area (Å²) in [6.07, 6.45) is -4.01. The second-order valence-electron chi connectivity index (χ2n) is 10.8. The highest BCUT2D eigenvalue weighted by atomic mass is 16.6. The molecule has 0 aromatic rings. The van der Waals surface area contributed by atoms with E-state index >= 15 is 0 Å². The quantitative estimate of drug-likeness (QED) is 0.163. The maximum absolute atomic E-state index is 13.1. The van der Waals surface area contributed by atoms with Crippen molar-refractivity contribution in [2.75, 3.05) is 0 Å². The van der Waals surface area contributed by atoms with Crippen LogP contribution in [-0.4, -0.2) is 77.2 Å². The molecule has 0 saturated carbocycles. The maximum Gasteiger partial charge on any atom is 0.344 e. The van der Waals surface area contributed by atoms with Gasteiger partial charge in [-0.05, 0) is 37.5 Å². The van der Waals surface area contributed by atoms with E-state index in [1.807, 2.05) is 0 Å². The molecule has 0 aromatic heterocycles. The highest BCUT2D eigenvalue weighted by Gasteiger charge is 2.37. The van der Waals surface area contributed by atoms with E-state index in [2.05, 4.69) is 10.6 Å². The molecular weight excluding hydrogens is 514 g/mol. The molecule has 0 radical (unpaired) electrons. The summed E-state index contributed by atoms with van der Waals surface area (Å²) in [5.74, 6) is -7.19. The van der Waals surface area contributed by atoms with Crippen LogP contribution < -0.4 is 16.4 Å². The number of ether oxygens (including phenoxy) is 3. The second kappa shape index (κ2) is 16.0. The van der Waals surface area contributed by atoms with Crippen LogP contribution in [0, 0.1) is 23.7 Å². The van der Waals surface area contributed by atoms with Crippen molar-refractivity contribution in [3.8, 4) is 0 Å². The molecule has 5 N–H and O–H groups in total. The zero-order chi connectivity index (χ0) is 30.8. The van der Waals surface area contributed by atoms with Crippen molar-refractivity contribution in [1.29, 1.82) is 0 Å². The summed E-state index contributed by atoms with van der Waals surface area (Å²) in [7, 11) is 0. The predicted octanol–water partition coefficient (Wildman–Crippen LogP) is 0.767. The lowest BCUT2D eigenvalue weighted by Crippen LogP contribution is -2.54. The van der Waals surface area contributed by atoms with Gasteiger partial charge in [0, 0.05) is 0 Å². The smallest absolute Gasteiger partial charge is 0.344 e. The lowest BCUT2D eigenvalue weighted by atomic mass is 10.0. The number of carboxylic acid groups (broad SMARTS) is 1. The first-order chi connectivity index (χ1) is 17.8. The van der Waals surface area contributed by atoms with Crippen LogP contribution in [0.25, 0.3) is 0 Å². The Hall–Kier alpha value is -3.22. The third-order valence-electron chi connectivity index (χ3n) is 5.84. The molecule has 0 saturated heterocycles. The number of carbonyl (C=O) groups excluding carboxylic acids is 5. The average Bonchev–Trinajstić information content (AvgIpc) is 2.81. The number of amides is 2. The Balaban J connectivity index is 5.56. The van der Waals surface area contributed by atoms with Crippen LogP contribution in [0.4, 0.5) is 0 Å². The fraction of sp³-hybridized carbons (Fsp3) is 0.769. The average molecular weight is 560 g/mol. The lowest BCUT2D eigenvalue weighted by molar-refractivity contribution is -0.168. The minimum absolute atomic E-state index is 0.206. The van der Waals surface area contributed by atoms with E-state index < -0.39 is 89.9 Å². The molecule has 0 heterocycles. The Morgan fingerprint density at radius 1 is 0.564 bits per heavy atom. The Labute approximate surface area is 229 Å². The molecule has 13 heteroatoms. The second-order valence-corrected chi connectivity index (χ2v) is 10.8. The Morgan fingerprint density at radius 2 is 0.974 bits per heavy atom. The number of aliphatic carboxylic acids is 1. The highest BCUT2D eigenvalue weighted by Crippen LogP contribution is 2.15. The summed E-state index contributed by atoms with van der Waals surface area (Å²) in [5.41, 5.74) is 5.75. The molecule has 0 bridgehead atoms. The topological polar surface area (TPSA) is 200 Å². The minimum Gasteiger partial charge on any atom is -0.479 e. The summed E-state index contributed by atoms with van der Waals surface area (Å²) >= 11 is 0. The first-order valence-electron chi connectivity index (χ1n) is 13.0. The number of esters is 3. The first-order valence-corrected chi connectivity index (χ1v) is 13.0. The number of hydrogen-bond acceptors (Lipinski definition) is 10. The van der Waals surface area contributed by atoms with Crippen molar-refractivity contribution in [3.05, 3.63) is 0 Å². The van der Waals surface area contributed by atoms with Gasteiger partial charge in [-0.15, -0.1) is 0 Å². The van der Waals surface area contributed by atoms with E-state index in [4.69, 9.17) is 25.1 Å². The summed E-state index contributed by atoms with van der Waals surface area (Å²) in [5, 5.41) is 14.0. The van der Waals surface area contributed by atoms with Crippen LogP contribution in [0.3, 0.4) is 0 Å². The highest BCUT2D eigenvalue weighted by molar-refractivity contribution is 5.92. The van der Waals surface area contributed by atoms with E-state index in [0.29, 0.717) is 0 Å². The van der Waals surface area contributed by atoms with Crippen LogP contribution in [0.5, 0.6) is 0 Å². The van der Waals surface area contributed by atoms with Gasteiger partial charge in [-0.3, -0.25) is 14.4 Å². The summed E-state index contributed by atoms with van der Waals surface area (Å²) < 4.78 is 15.5. The van der Waals surface area contributed by atoms with Gasteiger partial charge in [-0.25, -0.2) is 14.4 Å². The Morgan fingerprint density at radius 3 is 1.36 bits per heavy atom. The molecule has 0 unspecified atom stereocenters. The monoisotopic (exact) mass is 559 g/mol. The van der Waals surface area contributed by atoms with E-state index in [0.717, 1.165) is 0 Å². The Bertz CT molecular complexity index is 887. The van der Waals surface area contributed by atoms with Crippen LogP contribution in [0.1, 0.15) is 69.2 Å². The zero-order valence-electron chi connectivity index (χ0n) is 24.5. The van der Waals surface area contributed by atoms with Gasteiger partial charge in [0.2, 0.25) is 0 Å². The van der Waals surface area contributed by atoms with E-state index in [-0.39, 0.29) is 5.92 Å². The molecule has 6 atom stereocenters. The fourth-order valence-electron chi connectivity index (χ4n) is 3.07. The molecule has 0 fully saturated rings. The van der Waals surface area contributed by atoms with Gasteiger partial charge in [0.05, 0.1) is 0 Å². The molecular formula is C26H45N3O10. The van der Waals surface area contributed by atoms with Crippen molar-refractivity contribution < 1.29 is 48.1 Å². The van der Waals surface area contributed by atoms with Crippen LogP contribution >= 0.6 is 0 Å². The van der Waals surface area contributed by atoms with Crippen LogP contribution in [0.15, 0.2) is 0 Å². The standard InChI is InChI=1S/C26H45N3O10/c1-11(2)17(27)24(34)37-15(9)21(30)28-19(13(5)6)26(36)39-20(14(7)8)22(31)29-18(12(3)4)25(35)38-16(10)23(32)33/h11-20H,27H2,1-10H3,(H,28,30)(H,29,31)(H,32,33)/t15-,16-,17+,18+,19-,20+/m1/s1. The molecule has 0 aliphatic carbocycles. The fourth-order valence-corrected chi connectivity index (χ4v) is 3.07. The van der Waals surface area contributed by atoms with Crippen LogP contribution in [0.2, 0.25) is 0 Å². The van der Waals surface area contributed by atoms with E-state index in [1.165, 1.54) is 13.8 Å². The molecule has 0 rings (SSSR count). The van der Waals surface area contributed by atoms with Gasteiger partial charge in [0.25, 0.3) is 11.8 Å². The molecule has 0 aliphatic rings. The Kier molecular flexibility index (Phi) is 14.7. The number of hydrogen-bond donors (Lipinski definition) is 4. The molecule has 2 amide bonds. The largest absolute Gasteiger partial charge is 0.479 e. The minimum atomic E-state index is -1.42. The van der Waals surface area contributed by atoms with Gasteiger partial charge in [-0.2, -0.15) is 0 Å². The van der Waals surface area contributed by atoms with Gasteiger partial charge in [-0.1, -0.05) is 55.4 Å². The van der Waals surface area contributed by atoms with E-state index in [9.17, 15) is 28.8 Å². The third kappa shape index (κ3) is 11.6. The van der Waals surface area contributed by atoms with Crippen molar-refractivity contribution in [2.45, 2.75) is 106 Å². The SMILES string of the molecule is CC(C)[C@H](N)C(=O)O[C@H](C)C(=O)N[C@@H](C(=O)O[C@H](C(=O)N[C@H](C(=O)O[C@H](C)C(=O)O)C(C)C)C(C)C)C(C)C. The summed E-state index contributed by atoms with van der Waals surface area (Å²) in [4.78, 5) is 74.4. The normalized spacial score (nSPS) is 16.1. The van der Waals surface area contributed by atoms with Crippen molar-refractivity contribution in [1.82, 2.24) is 10.6 Å². The van der Waals surface area contributed by atoms with Gasteiger partial charge in [0.1, 0.15) is 18.1 Å². The number of rotatable bonds is 15. The number of carbonyl (C=O) groups is 6. The van der Waals surface area contributed by atoms with E-state index in [1.54, 1.807) is 55.4 Å². The molecule has 0 aromatic carbocycles. The molecule has 0 aliphatic heterocycles. The predicted molar refractivity (Wildman–Crippen MR) is 140 cm³/mol. The lowest BCUT2D eigenvalue weighted by Gasteiger charge is -2.29. The molecule has 39 heavy (non-hydrogen) atoms. The number of carboxylic acids is 1. The van der Waals surface area contributed by atoms with Gasteiger partial charge >= 0.3 is 23.9 Å². The van der Waals surface area contributed by atoms with Crippen molar-refractivity contribution >= 4 is 35.7 Å².